The van der Waals surface area contributed by atoms with Crippen LogP contribution >= 0.6 is 0 Å². The predicted molar refractivity (Wildman–Crippen MR) is 60.3 cm³/mol. The topological polar surface area (TPSA) is 98.9 Å². The molecular formula is C9H18N2O5S. The Morgan fingerprint density at radius 1 is 1.47 bits per heavy atom. The first-order valence-corrected chi connectivity index (χ1v) is 6.72. The highest BCUT2D eigenvalue weighted by molar-refractivity contribution is 7.86. The van der Waals surface area contributed by atoms with Gasteiger partial charge in [-0.1, -0.05) is 0 Å². The van der Waals surface area contributed by atoms with E-state index >= 15 is 0 Å². The predicted octanol–water partition coefficient (Wildman–Crippen LogP) is -0.768. The molecule has 1 unspecified atom stereocenters. The summed E-state index contributed by atoms with van der Waals surface area (Å²) in [6.45, 7) is 5.35. The third kappa shape index (κ3) is 4.58. The van der Waals surface area contributed by atoms with Gasteiger partial charge >= 0.3 is 5.97 Å². The summed E-state index contributed by atoms with van der Waals surface area (Å²) in [7, 11) is -3.79. The Kier molecular flexibility index (Phi) is 4.13. The van der Waals surface area contributed by atoms with E-state index in [-0.39, 0.29) is 19.7 Å². The van der Waals surface area contributed by atoms with Crippen molar-refractivity contribution >= 4 is 16.2 Å². The van der Waals surface area contributed by atoms with Gasteiger partial charge < -0.3 is 9.47 Å². The number of nitrogens with two attached hydrogens (primary N) is 1. The zero-order valence-corrected chi connectivity index (χ0v) is 11.0. The Hall–Kier alpha value is -0.700. The smallest absolute Gasteiger partial charge is 0.337 e. The highest BCUT2D eigenvalue weighted by Crippen LogP contribution is 2.14. The fourth-order valence-corrected chi connectivity index (χ4v) is 2.04. The van der Waals surface area contributed by atoms with E-state index in [1.807, 2.05) is 0 Å². The molecule has 0 spiro atoms. The van der Waals surface area contributed by atoms with Gasteiger partial charge in [-0.2, -0.15) is 12.7 Å². The van der Waals surface area contributed by atoms with E-state index in [2.05, 4.69) is 0 Å². The van der Waals surface area contributed by atoms with Crippen molar-refractivity contribution in [2.45, 2.75) is 32.5 Å². The van der Waals surface area contributed by atoms with Crippen molar-refractivity contribution in [3.05, 3.63) is 0 Å². The molecule has 2 N–H and O–H groups in total. The standard InChI is InChI=1S/C9H18N2O5S/c1-9(2,3)16-8(12)7-6-11(4-5-15-7)17(10,13)14/h7H,4-6H2,1-3H3,(H2,10,13,14). The van der Waals surface area contributed by atoms with E-state index in [1.165, 1.54) is 0 Å². The summed E-state index contributed by atoms with van der Waals surface area (Å²) in [6, 6.07) is 0. The van der Waals surface area contributed by atoms with Crippen LogP contribution in [0, 0.1) is 0 Å². The van der Waals surface area contributed by atoms with E-state index in [9.17, 15) is 13.2 Å². The average molecular weight is 266 g/mol. The lowest BCUT2D eigenvalue weighted by atomic mass is 10.2. The van der Waals surface area contributed by atoms with Crippen LogP contribution in [-0.2, 0) is 24.5 Å². The number of ether oxygens (including phenoxy) is 2. The molecular weight excluding hydrogens is 248 g/mol. The van der Waals surface area contributed by atoms with Gasteiger partial charge in [0.05, 0.1) is 13.2 Å². The van der Waals surface area contributed by atoms with E-state index < -0.39 is 27.9 Å². The molecule has 0 saturated carbocycles. The van der Waals surface area contributed by atoms with Crippen LogP contribution in [0.1, 0.15) is 20.8 Å². The van der Waals surface area contributed by atoms with Crippen molar-refractivity contribution in [1.29, 1.82) is 0 Å². The molecule has 0 amide bonds. The zero-order chi connectivity index (χ0) is 13.3. The fourth-order valence-electron chi connectivity index (χ4n) is 1.37. The fraction of sp³-hybridized carbons (Fsp3) is 0.889. The van der Waals surface area contributed by atoms with Gasteiger partial charge in [-0.05, 0) is 20.8 Å². The average Bonchev–Trinajstić information content (AvgIpc) is 2.14. The number of hydrogen-bond acceptors (Lipinski definition) is 5. The van der Waals surface area contributed by atoms with Crippen molar-refractivity contribution in [2.24, 2.45) is 5.14 Å². The van der Waals surface area contributed by atoms with Crippen molar-refractivity contribution in [3.8, 4) is 0 Å². The van der Waals surface area contributed by atoms with Crippen LogP contribution < -0.4 is 5.14 Å². The lowest BCUT2D eigenvalue weighted by Gasteiger charge is -2.31. The highest BCUT2D eigenvalue weighted by Gasteiger charge is 2.34. The summed E-state index contributed by atoms with van der Waals surface area (Å²) >= 11 is 0. The van der Waals surface area contributed by atoms with Gasteiger partial charge in [-0.25, -0.2) is 9.93 Å². The molecule has 100 valence electrons. The third-order valence-corrected chi connectivity index (χ3v) is 3.11. The summed E-state index contributed by atoms with van der Waals surface area (Å²) in [5, 5.41) is 4.99. The number of rotatable bonds is 2. The van der Waals surface area contributed by atoms with Gasteiger partial charge in [0.1, 0.15) is 5.60 Å². The SMILES string of the molecule is CC(C)(C)OC(=O)C1CN(S(N)(=O)=O)CCO1. The molecule has 1 fully saturated rings. The minimum Gasteiger partial charge on any atom is -0.458 e. The van der Waals surface area contributed by atoms with Crippen LogP contribution in [0.25, 0.3) is 0 Å². The quantitative estimate of drug-likeness (QED) is 0.662. The Morgan fingerprint density at radius 2 is 2.06 bits per heavy atom. The number of carbonyl (C=O) groups is 1. The zero-order valence-electron chi connectivity index (χ0n) is 10.2. The molecule has 1 aliphatic heterocycles. The molecule has 0 aromatic rings. The maximum absolute atomic E-state index is 11.7. The van der Waals surface area contributed by atoms with E-state index in [4.69, 9.17) is 14.6 Å². The van der Waals surface area contributed by atoms with Crippen LogP contribution in [0.4, 0.5) is 0 Å². The monoisotopic (exact) mass is 266 g/mol. The molecule has 0 aromatic heterocycles. The highest BCUT2D eigenvalue weighted by atomic mass is 32.2. The summed E-state index contributed by atoms with van der Waals surface area (Å²) in [6.07, 6.45) is -0.915. The molecule has 0 bridgehead atoms. The normalized spacial score (nSPS) is 23.4. The van der Waals surface area contributed by atoms with Crippen molar-refractivity contribution in [3.63, 3.8) is 0 Å². The maximum atomic E-state index is 11.7. The molecule has 17 heavy (non-hydrogen) atoms. The van der Waals surface area contributed by atoms with Gasteiger partial charge in [-0.15, -0.1) is 0 Å². The van der Waals surface area contributed by atoms with Crippen LogP contribution in [-0.4, -0.2) is 50.1 Å². The van der Waals surface area contributed by atoms with Gasteiger partial charge in [-0.3, -0.25) is 0 Å². The van der Waals surface area contributed by atoms with Gasteiger partial charge in [0, 0.05) is 6.54 Å². The van der Waals surface area contributed by atoms with Crippen LogP contribution in [0.2, 0.25) is 0 Å². The molecule has 1 atom stereocenters. The summed E-state index contributed by atoms with van der Waals surface area (Å²) in [5.74, 6) is -0.578. The second-order valence-electron chi connectivity index (χ2n) is 4.80. The molecule has 0 aliphatic carbocycles. The summed E-state index contributed by atoms with van der Waals surface area (Å²) in [4.78, 5) is 11.7. The van der Waals surface area contributed by atoms with Crippen molar-refractivity contribution in [1.82, 2.24) is 4.31 Å². The number of carbonyl (C=O) groups excluding carboxylic acids is 1. The minimum atomic E-state index is -3.79. The lowest BCUT2D eigenvalue weighted by molar-refractivity contribution is -0.171. The second kappa shape index (κ2) is 4.89. The summed E-state index contributed by atoms with van der Waals surface area (Å²) in [5.41, 5.74) is -0.635. The minimum absolute atomic E-state index is 0.103. The molecule has 1 saturated heterocycles. The van der Waals surface area contributed by atoms with Crippen molar-refractivity contribution < 1.29 is 22.7 Å². The number of hydrogen-bond donors (Lipinski definition) is 1. The maximum Gasteiger partial charge on any atom is 0.337 e. The Balaban J connectivity index is 2.64. The molecule has 0 aromatic carbocycles. The van der Waals surface area contributed by atoms with E-state index in [1.54, 1.807) is 20.8 Å². The van der Waals surface area contributed by atoms with Crippen LogP contribution in [0.5, 0.6) is 0 Å². The van der Waals surface area contributed by atoms with E-state index in [0.717, 1.165) is 4.31 Å². The summed E-state index contributed by atoms with van der Waals surface area (Å²) < 4.78 is 33.6. The molecule has 1 aliphatic rings. The Bertz CT molecular complexity index is 387. The first-order valence-electron chi connectivity index (χ1n) is 5.22. The van der Waals surface area contributed by atoms with Crippen LogP contribution in [0.3, 0.4) is 0 Å². The number of morpholine rings is 1. The molecule has 0 radical (unpaired) electrons. The Labute approximate surface area is 101 Å². The number of esters is 1. The second-order valence-corrected chi connectivity index (χ2v) is 6.34. The molecule has 1 heterocycles. The van der Waals surface area contributed by atoms with E-state index in [0.29, 0.717) is 0 Å². The van der Waals surface area contributed by atoms with Crippen LogP contribution in [0.15, 0.2) is 0 Å². The molecule has 1 rings (SSSR count). The lowest BCUT2D eigenvalue weighted by Crippen LogP contribution is -2.51. The Morgan fingerprint density at radius 3 is 2.53 bits per heavy atom. The molecule has 7 nitrogen and oxygen atoms in total. The van der Waals surface area contributed by atoms with Gasteiger partial charge in [0.15, 0.2) is 6.10 Å². The third-order valence-electron chi connectivity index (χ3n) is 2.06. The molecule has 8 heteroatoms. The van der Waals surface area contributed by atoms with Gasteiger partial charge in [0.25, 0.3) is 10.2 Å². The largest absolute Gasteiger partial charge is 0.458 e. The first-order chi connectivity index (χ1) is 7.59. The van der Waals surface area contributed by atoms with Crippen molar-refractivity contribution in [2.75, 3.05) is 19.7 Å². The number of nitrogens with zero attached hydrogens (tertiary/aromatic N) is 1. The first kappa shape index (κ1) is 14.4. The van der Waals surface area contributed by atoms with Gasteiger partial charge in [0.2, 0.25) is 0 Å².